The Bertz CT molecular complexity index is 245. The van der Waals surface area contributed by atoms with Crippen molar-refractivity contribution in [2.75, 3.05) is 13.2 Å². The first kappa shape index (κ1) is 11.5. The predicted octanol–water partition coefficient (Wildman–Crippen LogP) is 0.777. The van der Waals surface area contributed by atoms with Gasteiger partial charge in [-0.05, 0) is 12.5 Å². The molecule has 1 N–H and O–H groups in total. The lowest BCUT2D eigenvalue weighted by Gasteiger charge is -2.07. The highest BCUT2D eigenvalue weighted by atomic mass is 16.5. The van der Waals surface area contributed by atoms with E-state index >= 15 is 0 Å². The summed E-state index contributed by atoms with van der Waals surface area (Å²) in [7, 11) is 0. The van der Waals surface area contributed by atoms with E-state index in [4.69, 9.17) is 10.6 Å². The zero-order valence-electron chi connectivity index (χ0n) is 7.30. The smallest absolute Gasteiger partial charge is 0.333 e. The molecule has 1 atom stereocenters. The van der Waals surface area contributed by atoms with Crippen LogP contribution in [0.15, 0.2) is 17.3 Å². The molecule has 0 spiro atoms. The van der Waals surface area contributed by atoms with E-state index in [9.17, 15) is 4.79 Å². The van der Waals surface area contributed by atoms with Crippen molar-refractivity contribution in [1.82, 2.24) is 0 Å². The fraction of sp³-hybridized carbons (Fsp3) is 0.571. The van der Waals surface area contributed by atoms with Gasteiger partial charge in [-0.25, -0.2) is 4.79 Å². The first-order chi connectivity index (χ1) is 6.07. The summed E-state index contributed by atoms with van der Waals surface area (Å²) in [6.07, 6.45) is -0.959. The Kier molecular flexibility index (Phi) is 5.34. The van der Waals surface area contributed by atoms with Crippen molar-refractivity contribution >= 4 is 5.97 Å². The van der Waals surface area contributed by atoms with Gasteiger partial charge < -0.3 is 9.84 Å². The fourth-order valence-electron chi connectivity index (χ4n) is 0.479. The lowest BCUT2D eigenvalue weighted by Crippen LogP contribution is -2.21. The number of aliphatic hydroxyl groups is 1. The molecule has 1 unspecified atom stereocenters. The Hall–Kier alpha value is -1.52. The third-order valence-corrected chi connectivity index (χ3v) is 1.11. The number of aliphatic hydroxyl groups excluding tert-OH is 1. The van der Waals surface area contributed by atoms with E-state index in [1.807, 2.05) is 0 Å². The van der Waals surface area contributed by atoms with Gasteiger partial charge in [0.05, 0.1) is 12.6 Å². The maximum Gasteiger partial charge on any atom is 0.333 e. The standard InChI is InChI=1S/C7H11N3O3/c1-5(2)7(12)13-4-6(11)3-9-10-8/h6,11H,1,3-4H2,2H3. The van der Waals surface area contributed by atoms with Gasteiger partial charge in [0.1, 0.15) is 6.61 Å². The highest BCUT2D eigenvalue weighted by Crippen LogP contribution is 1.94. The van der Waals surface area contributed by atoms with Gasteiger partial charge in [0.25, 0.3) is 0 Å². The Labute approximate surface area is 75.4 Å². The Balaban J connectivity index is 3.69. The van der Waals surface area contributed by atoms with Crippen LogP contribution in [0.25, 0.3) is 10.4 Å². The first-order valence-electron chi connectivity index (χ1n) is 3.59. The zero-order chi connectivity index (χ0) is 10.3. The van der Waals surface area contributed by atoms with Crippen molar-refractivity contribution in [3.05, 3.63) is 22.6 Å². The number of ether oxygens (including phenoxy) is 1. The largest absolute Gasteiger partial charge is 0.460 e. The van der Waals surface area contributed by atoms with Crippen LogP contribution in [0.3, 0.4) is 0 Å². The van der Waals surface area contributed by atoms with E-state index in [0.717, 1.165) is 0 Å². The summed E-state index contributed by atoms with van der Waals surface area (Å²) < 4.78 is 4.59. The van der Waals surface area contributed by atoms with Crippen LogP contribution >= 0.6 is 0 Å². The minimum atomic E-state index is -0.959. The molecule has 0 saturated heterocycles. The topological polar surface area (TPSA) is 95.3 Å². The van der Waals surface area contributed by atoms with Crippen LogP contribution in [0.5, 0.6) is 0 Å². The van der Waals surface area contributed by atoms with Gasteiger partial charge in [-0.15, -0.1) is 0 Å². The third kappa shape index (κ3) is 5.72. The quantitative estimate of drug-likeness (QED) is 0.225. The van der Waals surface area contributed by atoms with Crippen molar-refractivity contribution < 1.29 is 14.6 Å². The maximum absolute atomic E-state index is 10.8. The zero-order valence-corrected chi connectivity index (χ0v) is 7.30. The molecule has 0 bridgehead atoms. The van der Waals surface area contributed by atoms with Crippen LogP contribution in [0, 0.1) is 0 Å². The molecule has 0 saturated carbocycles. The van der Waals surface area contributed by atoms with Crippen LogP contribution in [0.2, 0.25) is 0 Å². The van der Waals surface area contributed by atoms with Crippen LogP contribution in [-0.4, -0.2) is 30.3 Å². The third-order valence-electron chi connectivity index (χ3n) is 1.11. The van der Waals surface area contributed by atoms with E-state index in [1.54, 1.807) is 0 Å². The molecule has 0 aromatic rings. The molecule has 0 aliphatic carbocycles. The molecule has 6 nitrogen and oxygen atoms in total. The van der Waals surface area contributed by atoms with Gasteiger partial charge in [0, 0.05) is 10.5 Å². The predicted molar refractivity (Wildman–Crippen MR) is 45.8 cm³/mol. The summed E-state index contributed by atoms with van der Waals surface area (Å²) >= 11 is 0. The number of azide groups is 1. The number of hydrogen-bond donors (Lipinski definition) is 1. The summed E-state index contributed by atoms with van der Waals surface area (Å²) in [6.45, 7) is 4.56. The van der Waals surface area contributed by atoms with Gasteiger partial charge in [0.15, 0.2) is 0 Å². The van der Waals surface area contributed by atoms with E-state index in [1.165, 1.54) is 6.92 Å². The van der Waals surface area contributed by atoms with Crippen molar-refractivity contribution in [1.29, 1.82) is 0 Å². The second-order valence-corrected chi connectivity index (χ2v) is 2.45. The highest BCUT2D eigenvalue weighted by Gasteiger charge is 2.07. The normalized spacial score (nSPS) is 11.2. The first-order valence-corrected chi connectivity index (χ1v) is 3.59. The van der Waals surface area contributed by atoms with Crippen molar-refractivity contribution in [3.8, 4) is 0 Å². The van der Waals surface area contributed by atoms with Crippen molar-refractivity contribution in [3.63, 3.8) is 0 Å². The van der Waals surface area contributed by atoms with Crippen molar-refractivity contribution in [2.24, 2.45) is 5.11 Å². The number of hydrogen-bond acceptors (Lipinski definition) is 4. The minimum absolute atomic E-state index is 0.111. The summed E-state index contributed by atoms with van der Waals surface area (Å²) in [5.41, 5.74) is 8.17. The molecule has 6 heteroatoms. The van der Waals surface area contributed by atoms with Crippen molar-refractivity contribution in [2.45, 2.75) is 13.0 Å². The molecule has 0 aliphatic heterocycles. The lowest BCUT2D eigenvalue weighted by atomic mass is 10.3. The molecular weight excluding hydrogens is 174 g/mol. The second kappa shape index (κ2) is 6.05. The average molecular weight is 185 g/mol. The van der Waals surface area contributed by atoms with E-state index in [2.05, 4.69) is 21.3 Å². The highest BCUT2D eigenvalue weighted by molar-refractivity contribution is 5.86. The SMILES string of the molecule is C=C(C)C(=O)OCC(O)CN=[N+]=[N-]. The second-order valence-electron chi connectivity index (χ2n) is 2.45. The molecular formula is C7H11N3O3. The van der Waals surface area contributed by atoms with E-state index in [-0.39, 0.29) is 18.7 Å². The number of carbonyl (C=O) groups excluding carboxylic acids is 1. The van der Waals surface area contributed by atoms with Gasteiger partial charge in [-0.1, -0.05) is 11.7 Å². The molecule has 0 aromatic carbocycles. The minimum Gasteiger partial charge on any atom is -0.460 e. The Morgan fingerprint density at radius 1 is 1.85 bits per heavy atom. The molecule has 0 radical (unpaired) electrons. The Morgan fingerprint density at radius 2 is 2.46 bits per heavy atom. The summed E-state index contributed by atoms with van der Waals surface area (Å²) in [6, 6.07) is 0. The summed E-state index contributed by atoms with van der Waals surface area (Å²) in [5, 5.41) is 12.2. The average Bonchev–Trinajstić information content (AvgIpc) is 2.10. The molecule has 72 valence electrons. The van der Waals surface area contributed by atoms with Crippen LogP contribution in [0.1, 0.15) is 6.92 Å². The summed E-state index contributed by atoms with van der Waals surface area (Å²) in [4.78, 5) is 13.2. The molecule has 0 rings (SSSR count). The summed E-state index contributed by atoms with van der Waals surface area (Å²) in [5.74, 6) is -0.569. The maximum atomic E-state index is 10.8. The van der Waals surface area contributed by atoms with E-state index < -0.39 is 12.1 Å². The van der Waals surface area contributed by atoms with Gasteiger partial charge in [-0.3, -0.25) is 0 Å². The van der Waals surface area contributed by atoms with Crippen LogP contribution < -0.4 is 0 Å². The molecule has 0 amide bonds. The number of carbonyl (C=O) groups is 1. The molecule has 0 heterocycles. The molecule has 0 fully saturated rings. The van der Waals surface area contributed by atoms with Crippen LogP contribution in [-0.2, 0) is 9.53 Å². The molecule has 0 aliphatic rings. The van der Waals surface area contributed by atoms with Crippen LogP contribution in [0.4, 0.5) is 0 Å². The van der Waals surface area contributed by atoms with Gasteiger partial charge in [-0.2, -0.15) is 0 Å². The Morgan fingerprint density at radius 3 is 2.92 bits per heavy atom. The number of esters is 1. The van der Waals surface area contributed by atoms with Gasteiger partial charge >= 0.3 is 5.97 Å². The number of rotatable bonds is 5. The van der Waals surface area contributed by atoms with E-state index in [0.29, 0.717) is 0 Å². The fourth-order valence-corrected chi connectivity index (χ4v) is 0.479. The monoisotopic (exact) mass is 185 g/mol. The molecule has 0 aromatic heterocycles. The van der Waals surface area contributed by atoms with Gasteiger partial charge in [0.2, 0.25) is 0 Å². The molecule has 13 heavy (non-hydrogen) atoms. The lowest BCUT2D eigenvalue weighted by molar-refractivity contribution is -0.141. The number of nitrogens with zero attached hydrogens (tertiary/aromatic N) is 3.